The van der Waals surface area contributed by atoms with Crippen LogP contribution in [0.2, 0.25) is 0 Å². The summed E-state index contributed by atoms with van der Waals surface area (Å²) in [6, 6.07) is 22.3. The number of imide groups is 1. The number of rotatable bonds is 8. The molecule has 3 aromatic carbocycles. The van der Waals surface area contributed by atoms with E-state index in [0.29, 0.717) is 17.0 Å². The van der Waals surface area contributed by atoms with Crippen LogP contribution in [0.4, 0.5) is 15.3 Å². The third-order valence-electron chi connectivity index (χ3n) is 5.60. The first-order valence-corrected chi connectivity index (χ1v) is 11.0. The van der Waals surface area contributed by atoms with Gasteiger partial charge in [0.2, 0.25) is 0 Å². The second-order valence-electron chi connectivity index (χ2n) is 7.90. The van der Waals surface area contributed by atoms with Gasteiger partial charge >= 0.3 is 18.0 Å². The van der Waals surface area contributed by atoms with Crippen LogP contribution in [0.1, 0.15) is 21.5 Å². The van der Waals surface area contributed by atoms with E-state index < -0.39 is 24.3 Å². The van der Waals surface area contributed by atoms with Crippen LogP contribution in [0.3, 0.4) is 0 Å². The van der Waals surface area contributed by atoms with Gasteiger partial charge in [-0.15, -0.1) is 0 Å². The van der Waals surface area contributed by atoms with Gasteiger partial charge in [-0.25, -0.2) is 19.3 Å². The summed E-state index contributed by atoms with van der Waals surface area (Å²) in [6.07, 6.45) is -0.812. The van der Waals surface area contributed by atoms with Crippen molar-refractivity contribution in [3.05, 3.63) is 95.6 Å². The number of nitrogens with one attached hydrogen (secondary N) is 2. The van der Waals surface area contributed by atoms with Gasteiger partial charge in [0.1, 0.15) is 5.75 Å². The van der Waals surface area contributed by atoms with Crippen molar-refractivity contribution in [2.45, 2.75) is 19.4 Å². The van der Waals surface area contributed by atoms with Crippen LogP contribution in [0.25, 0.3) is 0 Å². The molecule has 9 nitrogen and oxygen atoms in total. The average Bonchev–Trinajstić information content (AvgIpc) is 2.89. The fourth-order valence-electron chi connectivity index (χ4n) is 3.71. The van der Waals surface area contributed by atoms with Crippen molar-refractivity contribution in [1.29, 1.82) is 0 Å². The van der Waals surface area contributed by atoms with Gasteiger partial charge in [-0.2, -0.15) is 0 Å². The first-order chi connectivity index (χ1) is 17.0. The second-order valence-corrected chi connectivity index (χ2v) is 7.90. The molecule has 0 aliphatic carbocycles. The number of benzene rings is 3. The molecule has 4 amide bonds. The topological polar surface area (TPSA) is 100 Å². The van der Waals surface area contributed by atoms with Crippen molar-refractivity contribution in [1.82, 2.24) is 15.1 Å². The predicted octanol–water partition coefficient (Wildman–Crippen LogP) is 4.02. The van der Waals surface area contributed by atoms with Crippen molar-refractivity contribution in [3.8, 4) is 5.75 Å². The number of ether oxygens (including phenoxy) is 2. The third kappa shape index (κ3) is 5.52. The zero-order valence-electron chi connectivity index (χ0n) is 19.4. The second kappa shape index (κ2) is 10.6. The van der Waals surface area contributed by atoms with Gasteiger partial charge in [0.25, 0.3) is 0 Å². The molecule has 1 fully saturated rings. The Labute approximate surface area is 203 Å². The molecule has 0 aromatic heterocycles. The zero-order valence-corrected chi connectivity index (χ0v) is 19.4. The predicted molar refractivity (Wildman–Crippen MR) is 130 cm³/mol. The minimum absolute atomic E-state index is 0.144. The lowest BCUT2D eigenvalue weighted by Gasteiger charge is -2.41. The number of methoxy groups -OCH3 is 2. The number of hydrogen-bond donors (Lipinski definition) is 2. The maximum atomic E-state index is 13.5. The molecular formula is C26H26N4O5. The Kier molecular flexibility index (Phi) is 7.15. The summed E-state index contributed by atoms with van der Waals surface area (Å²) in [5, 5.41) is 6.04. The minimum atomic E-state index is -0.812. The molecule has 1 unspecified atom stereocenters. The molecule has 4 rings (SSSR count). The smallest absolute Gasteiger partial charge is 0.337 e. The van der Waals surface area contributed by atoms with Crippen LogP contribution >= 0.6 is 0 Å². The Morgan fingerprint density at radius 3 is 2.17 bits per heavy atom. The molecule has 1 atom stereocenters. The normalized spacial score (nSPS) is 15.4. The molecule has 0 bridgehead atoms. The average molecular weight is 475 g/mol. The number of nitrogens with zero attached hydrogens (tertiary/aromatic N) is 2. The number of carbonyl (C=O) groups excluding carboxylic acids is 3. The van der Waals surface area contributed by atoms with E-state index in [2.05, 4.69) is 10.6 Å². The number of anilines is 1. The van der Waals surface area contributed by atoms with Gasteiger partial charge < -0.3 is 14.8 Å². The summed E-state index contributed by atoms with van der Waals surface area (Å²) in [5.74, 6) is 0.258. The number of esters is 1. The Hall–Kier alpha value is -4.53. The van der Waals surface area contributed by atoms with E-state index in [0.717, 1.165) is 11.1 Å². The molecule has 35 heavy (non-hydrogen) atoms. The molecule has 2 N–H and O–H groups in total. The highest BCUT2D eigenvalue weighted by Gasteiger charge is 2.38. The van der Waals surface area contributed by atoms with Gasteiger partial charge in [-0.05, 0) is 47.5 Å². The van der Waals surface area contributed by atoms with E-state index >= 15 is 0 Å². The molecule has 3 aromatic rings. The van der Waals surface area contributed by atoms with Crippen molar-refractivity contribution < 1.29 is 23.9 Å². The zero-order chi connectivity index (χ0) is 24.8. The molecule has 0 spiro atoms. The Bertz CT molecular complexity index is 1180. The summed E-state index contributed by atoms with van der Waals surface area (Å²) < 4.78 is 9.95. The fourth-order valence-corrected chi connectivity index (χ4v) is 3.71. The van der Waals surface area contributed by atoms with Crippen molar-refractivity contribution in [2.24, 2.45) is 0 Å². The van der Waals surface area contributed by atoms with Crippen LogP contribution in [-0.2, 0) is 17.8 Å². The highest BCUT2D eigenvalue weighted by molar-refractivity contribution is 5.96. The number of urea groups is 2. The molecule has 0 saturated carbocycles. The minimum Gasteiger partial charge on any atom is -0.497 e. The third-order valence-corrected chi connectivity index (χ3v) is 5.60. The summed E-state index contributed by atoms with van der Waals surface area (Å²) in [7, 11) is 2.90. The van der Waals surface area contributed by atoms with Crippen LogP contribution in [0.15, 0.2) is 78.9 Å². The molecule has 1 aliphatic rings. The Morgan fingerprint density at radius 1 is 0.886 bits per heavy atom. The maximum absolute atomic E-state index is 13.5. The highest BCUT2D eigenvalue weighted by atomic mass is 16.5. The molecule has 1 saturated heterocycles. The summed E-state index contributed by atoms with van der Waals surface area (Å²) in [5.41, 5.74) is 2.71. The molecular weight excluding hydrogens is 448 g/mol. The van der Waals surface area contributed by atoms with Crippen molar-refractivity contribution in [3.63, 3.8) is 0 Å². The van der Waals surface area contributed by atoms with E-state index in [-0.39, 0.29) is 13.1 Å². The van der Waals surface area contributed by atoms with E-state index in [1.807, 2.05) is 54.6 Å². The van der Waals surface area contributed by atoms with Crippen molar-refractivity contribution in [2.75, 3.05) is 19.5 Å². The largest absolute Gasteiger partial charge is 0.497 e. The highest BCUT2D eigenvalue weighted by Crippen LogP contribution is 2.21. The van der Waals surface area contributed by atoms with E-state index in [1.165, 1.54) is 12.0 Å². The van der Waals surface area contributed by atoms with Crippen molar-refractivity contribution >= 4 is 23.7 Å². The first kappa shape index (κ1) is 23.6. The van der Waals surface area contributed by atoms with Crippen LogP contribution in [0, 0.1) is 0 Å². The molecule has 180 valence electrons. The first-order valence-electron chi connectivity index (χ1n) is 11.0. The lowest BCUT2D eigenvalue weighted by atomic mass is 10.2. The van der Waals surface area contributed by atoms with E-state index in [4.69, 9.17) is 9.47 Å². The van der Waals surface area contributed by atoms with E-state index in [1.54, 1.807) is 36.3 Å². The Morgan fingerprint density at radius 2 is 1.54 bits per heavy atom. The molecule has 1 heterocycles. The summed E-state index contributed by atoms with van der Waals surface area (Å²) in [6.45, 7) is 0.386. The van der Waals surface area contributed by atoms with Gasteiger partial charge in [0.05, 0.1) is 32.9 Å². The molecule has 1 aliphatic heterocycles. The molecule has 0 radical (unpaired) electrons. The number of amides is 4. The SMILES string of the molecule is COC(=O)c1ccc(NC2NC(=O)N(Cc3ccccc3)C(=O)N2Cc2ccc(OC)cc2)cc1. The summed E-state index contributed by atoms with van der Waals surface area (Å²) in [4.78, 5) is 40.9. The van der Waals surface area contributed by atoms with Gasteiger partial charge in [0, 0.05) is 5.69 Å². The number of hydrogen-bond acceptors (Lipinski definition) is 6. The lowest BCUT2D eigenvalue weighted by Crippen LogP contribution is -2.66. The van der Waals surface area contributed by atoms with E-state index in [9.17, 15) is 14.4 Å². The maximum Gasteiger partial charge on any atom is 0.337 e. The fraction of sp³-hybridized carbons (Fsp3) is 0.192. The summed E-state index contributed by atoms with van der Waals surface area (Å²) >= 11 is 0. The standard InChI is InChI=1S/C26H26N4O5/c1-34-22-14-8-19(9-15-22)16-29-24(27-21-12-10-20(11-13-21)23(31)35-2)28-25(32)30(26(29)33)17-18-6-4-3-5-7-18/h3-15,24,27H,16-17H2,1-2H3,(H,28,32). The Balaban J connectivity index is 1.58. The van der Waals surface area contributed by atoms with Gasteiger partial charge in [-0.3, -0.25) is 10.2 Å². The van der Waals surface area contributed by atoms with Crippen LogP contribution in [0.5, 0.6) is 5.75 Å². The van der Waals surface area contributed by atoms with Gasteiger partial charge in [-0.1, -0.05) is 42.5 Å². The quantitative estimate of drug-likeness (QED) is 0.478. The number of carbonyl (C=O) groups is 3. The van der Waals surface area contributed by atoms with Gasteiger partial charge in [0.15, 0.2) is 6.29 Å². The van der Waals surface area contributed by atoms with Crippen LogP contribution < -0.4 is 15.4 Å². The lowest BCUT2D eigenvalue weighted by molar-refractivity contribution is 0.0600. The van der Waals surface area contributed by atoms with Crippen LogP contribution in [-0.4, -0.2) is 48.3 Å². The molecule has 9 heteroatoms. The monoisotopic (exact) mass is 474 g/mol.